The number of amides is 2. The van der Waals surface area contributed by atoms with E-state index in [9.17, 15) is 19.2 Å². The summed E-state index contributed by atoms with van der Waals surface area (Å²) in [6, 6.07) is 14.4. The molecular weight excluding hydrogens is 495 g/mol. The second kappa shape index (κ2) is 12.6. The Hall–Kier alpha value is -3.44. The molecule has 2 N–H and O–H groups in total. The van der Waals surface area contributed by atoms with Crippen LogP contribution in [0, 0.1) is 17.2 Å². The SMILES string of the molecule is CCC(F)(CC)CN1CCC(COc2ccc(-c3ccc(C(=O)N4CCCC4C(N)=O)cc3)cc2C#N)CC1. The number of carbonyl (C=O) groups excluding carboxylic acids is 2. The molecule has 7 nitrogen and oxygen atoms in total. The normalized spacial score (nSPS) is 18.6. The molecule has 2 aromatic rings. The third-order valence-corrected chi connectivity index (χ3v) is 8.36. The number of primary amides is 1. The molecule has 2 heterocycles. The first-order chi connectivity index (χ1) is 18.8. The fourth-order valence-corrected chi connectivity index (χ4v) is 5.59. The standard InChI is InChI=1S/C31H39FN4O3/c1-3-31(32,4-2)21-35-16-13-22(14-17-35)20-39-28-12-11-25(18-26(28)19-33)23-7-9-24(10-8-23)30(38)36-15-5-6-27(36)29(34)37/h7-12,18,22,27H,3-6,13-17,20-21H2,1-2H3,(H2,34,37). The Morgan fingerprint density at radius 1 is 1.05 bits per heavy atom. The molecule has 0 aromatic heterocycles. The maximum atomic E-state index is 14.8. The summed E-state index contributed by atoms with van der Waals surface area (Å²) in [5.41, 5.74) is 7.03. The summed E-state index contributed by atoms with van der Waals surface area (Å²) in [5.74, 6) is 0.261. The molecule has 208 valence electrons. The number of rotatable bonds is 10. The number of carbonyl (C=O) groups is 2. The van der Waals surface area contributed by atoms with Crippen molar-refractivity contribution in [3.05, 3.63) is 53.6 Å². The van der Waals surface area contributed by atoms with Crippen molar-refractivity contribution in [2.75, 3.05) is 32.8 Å². The third-order valence-electron chi connectivity index (χ3n) is 8.36. The molecule has 0 bridgehead atoms. The molecule has 0 radical (unpaired) electrons. The fourth-order valence-electron chi connectivity index (χ4n) is 5.59. The smallest absolute Gasteiger partial charge is 0.254 e. The molecule has 0 spiro atoms. The number of ether oxygens (including phenoxy) is 1. The number of benzene rings is 2. The van der Waals surface area contributed by atoms with Crippen LogP contribution in [0.5, 0.6) is 5.75 Å². The second-order valence-electron chi connectivity index (χ2n) is 10.8. The number of alkyl halides is 1. The van der Waals surface area contributed by atoms with E-state index >= 15 is 0 Å². The quantitative estimate of drug-likeness (QED) is 0.466. The van der Waals surface area contributed by atoms with Gasteiger partial charge in [0.1, 0.15) is 23.5 Å². The van der Waals surface area contributed by atoms with E-state index in [2.05, 4.69) is 11.0 Å². The van der Waals surface area contributed by atoms with Crippen molar-refractivity contribution in [3.8, 4) is 22.9 Å². The summed E-state index contributed by atoms with van der Waals surface area (Å²) >= 11 is 0. The Morgan fingerprint density at radius 2 is 1.72 bits per heavy atom. The number of hydrogen-bond acceptors (Lipinski definition) is 5. The van der Waals surface area contributed by atoms with E-state index in [1.165, 1.54) is 0 Å². The van der Waals surface area contributed by atoms with Crippen molar-refractivity contribution >= 4 is 11.8 Å². The molecular formula is C31H39FN4O3. The van der Waals surface area contributed by atoms with Crippen LogP contribution >= 0.6 is 0 Å². The molecule has 4 rings (SSSR count). The predicted molar refractivity (Wildman–Crippen MR) is 149 cm³/mol. The van der Waals surface area contributed by atoms with Gasteiger partial charge in [0.2, 0.25) is 5.91 Å². The van der Waals surface area contributed by atoms with Gasteiger partial charge in [-0.3, -0.25) is 9.59 Å². The van der Waals surface area contributed by atoms with Crippen LogP contribution in [0.25, 0.3) is 11.1 Å². The maximum Gasteiger partial charge on any atom is 0.254 e. The van der Waals surface area contributed by atoms with Crippen molar-refractivity contribution in [2.45, 2.75) is 64.1 Å². The highest BCUT2D eigenvalue weighted by Gasteiger charge is 2.33. The van der Waals surface area contributed by atoms with Crippen molar-refractivity contribution in [2.24, 2.45) is 11.7 Å². The van der Waals surface area contributed by atoms with Gasteiger partial charge >= 0.3 is 0 Å². The van der Waals surface area contributed by atoms with Gasteiger partial charge in [-0.15, -0.1) is 0 Å². The molecule has 0 aliphatic carbocycles. The minimum absolute atomic E-state index is 0.199. The van der Waals surface area contributed by atoms with Gasteiger partial charge in [0.05, 0.1) is 12.2 Å². The van der Waals surface area contributed by atoms with E-state index in [0.717, 1.165) is 43.5 Å². The number of nitriles is 1. The van der Waals surface area contributed by atoms with Crippen LogP contribution in [0.2, 0.25) is 0 Å². The minimum Gasteiger partial charge on any atom is -0.492 e. The van der Waals surface area contributed by atoms with E-state index in [1.54, 1.807) is 23.1 Å². The highest BCUT2D eigenvalue weighted by molar-refractivity contribution is 5.98. The lowest BCUT2D eigenvalue weighted by atomic mass is 9.94. The lowest BCUT2D eigenvalue weighted by molar-refractivity contribution is -0.121. The molecule has 0 saturated carbocycles. The topological polar surface area (TPSA) is 99.7 Å². The zero-order valence-electron chi connectivity index (χ0n) is 23.0. The average Bonchev–Trinajstić information content (AvgIpc) is 3.47. The largest absolute Gasteiger partial charge is 0.492 e. The first-order valence-electron chi connectivity index (χ1n) is 14.1. The summed E-state index contributed by atoms with van der Waals surface area (Å²) in [6.45, 7) is 7.10. The Morgan fingerprint density at radius 3 is 2.33 bits per heavy atom. The van der Waals surface area contributed by atoms with Crippen LogP contribution < -0.4 is 10.5 Å². The Kier molecular flexibility index (Phi) is 9.24. The second-order valence-corrected chi connectivity index (χ2v) is 10.8. The van der Waals surface area contributed by atoms with Crippen LogP contribution in [0.1, 0.15) is 68.3 Å². The molecule has 2 aliphatic rings. The van der Waals surface area contributed by atoms with Crippen molar-refractivity contribution in [3.63, 3.8) is 0 Å². The molecule has 8 heteroatoms. The highest BCUT2D eigenvalue weighted by Crippen LogP contribution is 2.30. The van der Waals surface area contributed by atoms with E-state index in [4.69, 9.17) is 10.5 Å². The number of piperidine rings is 1. The van der Waals surface area contributed by atoms with E-state index in [1.807, 2.05) is 38.1 Å². The molecule has 2 aromatic carbocycles. The van der Waals surface area contributed by atoms with E-state index in [0.29, 0.717) is 61.8 Å². The van der Waals surface area contributed by atoms with E-state index in [-0.39, 0.29) is 5.91 Å². The van der Waals surface area contributed by atoms with Crippen LogP contribution in [0.3, 0.4) is 0 Å². The zero-order chi connectivity index (χ0) is 28.0. The number of hydrogen-bond donors (Lipinski definition) is 1. The fraction of sp³-hybridized carbons (Fsp3) is 0.516. The monoisotopic (exact) mass is 534 g/mol. The first-order valence-corrected chi connectivity index (χ1v) is 14.1. The maximum absolute atomic E-state index is 14.8. The van der Waals surface area contributed by atoms with Crippen molar-refractivity contribution in [1.29, 1.82) is 5.26 Å². The summed E-state index contributed by atoms with van der Waals surface area (Å²) in [4.78, 5) is 28.3. The number of nitrogens with zero attached hydrogens (tertiary/aromatic N) is 3. The average molecular weight is 535 g/mol. The summed E-state index contributed by atoms with van der Waals surface area (Å²) in [7, 11) is 0. The van der Waals surface area contributed by atoms with Crippen molar-refractivity contribution in [1.82, 2.24) is 9.80 Å². The third kappa shape index (κ3) is 6.77. The van der Waals surface area contributed by atoms with Gasteiger partial charge in [-0.2, -0.15) is 5.26 Å². The lowest BCUT2D eigenvalue weighted by Gasteiger charge is -2.36. The van der Waals surface area contributed by atoms with Crippen LogP contribution in [0.15, 0.2) is 42.5 Å². The van der Waals surface area contributed by atoms with Gasteiger partial charge < -0.3 is 20.3 Å². The minimum atomic E-state index is -1.11. The van der Waals surface area contributed by atoms with Crippen LogP contribution in [-0.2, 0) is 4.79 Å². The van der Waals surface area contributed by atoms with Gasteiger partial charge in [-0.1, -0.05) is 32.0 Å². The van der Waals surface area contributed by atoms with Gasteiger partial charge in [0.25, 0.3) is 5.91 Å². The number of nitrogens with two attached hydrogens (primary N) is 1. The lowest BCUT2D eigenvalue weighted by Crippen LogP contribution is -2.44. The number of halogens is 1. The predicted octanol–water partition coefficient (Wildman–Crippen LogP) is 4.93. The molecule has 2 fully saturated rings. The Balaban J connectivity index is 1.34. The summed E-state index contributed by atoms with van der Waals surface area (Å²) in [5, 5.41) is 9.76. The molecule has 39 heavy (non-hydrogen) atoms. The van der Waals surface area contributed by atoms with Gasteiger partial charge in [0.15, 0.2) is 0 Å². The summed E-state index contributed by atoms with van der Waals surface area (Å²) in [6.07, 6.45) is 4.34. The Labute approximate surface area is 230 Å². The molecule has 2 saturated heterocycles. The summed E-state index contributed by atoms with van der Waals surface area (Å²) < 4.78 is 20.8. The number of likely N-dealkylation sites (tertiary alicyclic amines) is 2. The highest BCUT2D eigenvalue weighted by atomic mass is 19.1. The first kappa shape index (κ1) is 28.6. The molecule has 2 aliphatic heterocycles. The molecule has 1 atom stereocenters. The Bertz CT molecular complexity index is 1200. The van der Waals surface area contributed by atoms with Crippen molar-refractivity contribution < 1.29 is 18.7 Å². The van der Waals surface area contributed by atoms with Crippen LogP contribution in [-0.4, -0.2) is 66.1 Å². The van der Waals surface area contributed by atoms with Gasteiger partial charge in [-0.05, 0) is 92.9 Å². The van der Waals surface area contributed by atoms with Gasteiger partial charge in [-0.25, -0.2) is 4.39 Å². The van der Waals surface area contributed by atoms with E-state index < -0.39 is 17.6 Å². The van der Waals surface area contributed by atoms with Gasteiger partial charge in [0, 0.05) is 18.7 Å². The van der Waals surface area contributed by atoms with Crippen LogP contribution in [0.4, 0.5) is 4.39 Å². The molecule has 1 unspecified atom stereocenters. The zero-order valence-corrected chi connectivity index (χ0v) is 23.0. The molecule has 2 amide bonds.